The number of hydrogen-bond donors (Lipinski definition) is 1. The van der Waals surface area contributed by atoms with E-state index in [1.54, 1.807) is 0 Å². The molecule has 1 fully saturated rings. The molecule has 0 amide bonds. The fourth-order valence-electron chi connectivity index (χ4n) is 2.08. The predicted octanol–water partition coefficient (Wildman–Crippen LogP) is 2.30. The van der Waals surface area contributed by atoms with Crippen molar-refractivity contribution in [3.05, 3.63) is 0 Å². The van der Waals surface area contributed by atoms with Crippen molar-refractivity contribution in [3.8, 4) is 0 Å². The second-order valence-corrected chi connectivity index (χ2v) is 5.11. The number of carboxylic acid groups (broad SMARTS) is 1. The molecular formula is C11H20O3. The third-order valence-corrected chi connectivity index (χ3v) is 3.16. The lowest BCUT2D eigenvalue weighted by molar-refractivity contribution is -0.146. The van der Waals surface area contributed by atoms with Crippen LogP contribution in [0.3, 0.4) is 0 Å². The predicted molar refractivity (Wildman–Crippen MR) is 54.2 cm³/mol. The Kier molecular flexibility index (Phi) is 2.91. The van der Waals surface area contributed by atoms with Gasteiger partial charge in [-0.2, -0.15) is 0 Å². The topological polar surface area (TPSA) is 49.8 Å². The van der Waals surface area contributed by atoms with Gasteiger partial charge in [-0.1, -0.05) is 34.1 Å². The molecule has 1 aliphatic rings. The molecular weight excluding hydrogens is 180 g/mol. The van der Waals surface area contributed by atoms with Gasteiger partial charge in [0.05, 0.1) is 12.5 Å². The maximum Gasteiger partial charge on any atom is 0.309 e. The molecule has 0 aromatic carbocycles. The molecule has 1 saturated heterocycles. The SMILES string of the molecule is CCCC(C(=O)O)C1(C(C)(C)C)CO1. The summed E-state index contributed by atoms with van der Waals surface area (Å²) < 4.78 is 5.46. The first-order chi connectivity index (χ1) is 6.35. The Balaban J connectivity index is 2.83. The third kappa shape index (κ3) is 1.78. The number of epoxide rings is 1. The molecule has 0 aromatic heterocycles. The van der Waals surface area contributed by atoms with Crippen LogP contribution in [0.1, 0.15) is 40.5 Å². The smallest absolute Gasteiger partial charge is 0.309 e. The minimum Gasteiger partial charge on any atom is -0.481 e. The largest absolute Gasteiger partial charge is 0.481 e. The summed E-state index contributed by atoms with van der Waals surface area (Å²) in [6.45, 7) is 8.74. The first-order valence-electron chi connectivity index (χ1n) is 5.22. The average molecular weight is 200 g/mol. The van der Waals surface area contributed by atoms with E-state index < -0.39 is 11.6 Å². The summed E-state index contributed by atoms with van der Waals surface area (Å²) in [6, 6.07) is 0. The van der Waals surface area contributed by atoms with Gasteiger partial charge in [-0.05, 0) is 11.8 Å². The van der Waals surface area contributed by atoms with Crippen LogP contribution in [0.5, 0.6) is 0 Å². The molecule has 0 aliphatic carbocycles. The number of ether oxygens (including phenoxy) is 1. The van der Waals surface area contributed by atoms with Gasteiger partial charge in [0.25, 0.3) is 0 Å². The lowest BCUT2D eigenvalue weighted by atomic mass is 9.71. The average Bonchev–Trinajstić information content (AvgIpc) is 2.78. The van der Waals surface area contributed by atoms with E-state index in [1.165, 1.54) is 0 Å². The highest BCUT2D eigenvalue weighted by Crippen LogP contribution is 2.51. The second-order valence-electron chi connectivity index (χ2n) is 5.11. The van der Waals surface area contributed by atoms with Crippen LogP contribution < -0.4 is 0 Å². The van der Waals surface area contributed by atoms with Crippen molar-refractivity contribution in [3.63, 3.8) is 0 Å². The van der Waals surface area contributed by atoms with Gasteiger partial charge >= 0.3 is 5.97 Å². The zero-order valence-corrected chi connectivity index (χ0v) is 9.46. The van der Waals surface area contributed by atoms with Crippen LogP contribution in [0.15, 0.2) is 0 Å². The second kappa shape index (κ2) is 3.54. The van der Waals surface area contributed by atoms with Gasteiger partial charge < -0.3 is 9.84 Å². The monoisotopic (exact) mass is 200 g/mol. The number of carboxylic acids is 1. The van der Waals surface area contributed by atoms with Crippen LogP contribution in [-0.4, -0.2) is 23.3 Å². The lowest BCUT2D eigenvalue weighted by Gasteiger charge is -2.32. The molecule has 0 saturated carbocycles. The summed E-state index contributed by atoms with van der Waals surface area (Å²) >= 11 is 0. The molecule has 1 aliphatic heterocycles. The molecule has 3 heteroatoms. The Hall–Kier alpha value is -0.570. The normalized spacial score (nSPS) is 28.6. The summed E-state index contributed by atoms with van der Waals surface area (Å²) in [7, 11) is 0. The van der Waals surface area contributed by atoms with Crippen LogP contribution >= 0.6 is 0 Å². The first kappa shape index (κ1) is 11.5. The zero-order chi connectivity index (χ0) is 11.0. The van der Waals surface area contributed by atoms with Gasteiger partial charge in [-0.3, -0.25) is 4.79 Å². The van der Waals surface area contributed by atoms with Gasteiger partial charge in [0.1, 0.15) is 5.60 Å². The molecule has 1 rings (SSSR count). The molecule has 1 N–H and O–H groups in total. The molecule has 82 valence electrons. The fourth-order valence-corrected chi connectivity index (χ4v) is 2.08. The standard InChI is InChI=1S/C11H20O3/c1-5-6-8(9(12)13)11(7-14-11)10(2,3)4/h8H,5-7H2,1-4H3,(H,12,13). The van der Waals surface area contributed by atoms with Crippen LogP contribution in [0.2, 0.25) is 0 Å². The van der Waals surface area contributed by atoms with E-state index in [0.29, 0.717) is 13.0 Å². The summed E-state index contributed by atoms with van der Waals surface area (Å²) in [5.41, 5.74) is -0.514. The number of aliphatic carboxylic acids is 1. The molecule has 1 heterocycles. The van der Waals surface area contributed by atoms with Crippen molar-refractivity contribution >= 4 is 5.97 Å². The highest BCUT2D eigenvalue weighted by atomic mass is 16.6. The first-order valence-corrected chi connectivity index (χ1v) is 5.22. The molecule has 3 nitrogen and oxygen atoms in total. The van der Waals surface area contributed by atoms with Crippen LogP contribution in [-0.2, 0) is 9.53 Å². The summed E-state index contributed by atoms with van der Waals surface area (Å²) in [5, 5.41) is 9.16. The van der Waals surface area contributed by atoms with Crippen molar-refractivity contribution in [2.75, 3.05) is 6.61 Å². The van der Waals surface area contributed by atoms with Gasteiger partial charge in [0.15, 0.2) is 0 Å². The van der Waals surface area contributed by atoms with Crippen molar-refractivity contribution in [2.45, 2.75) is 46.1 Å². The number of carbonyl (C=O) groups is 1. The van der Waals surface area contributed by atoms with E-state index in [-0.39, 0.29) is 11.3 Å². The van der Waals surface area contributed by atoms with Crippen molar-refractivity contribution in [1.29, 1.82) is 0 Å². The Bertz CT molecular complexity index is 223. The number of hydrogen-bond acceptors (Lipinski definition) is 2. The van der Waals surface area contributed by atoms with Gasteiger partial charge in [-0.15, -0.1) is 0 Å². The zero-order valence-electron chi connectivity index (χ0n) is 9.46. The maximum atomic E-state index is 11.1. The molecule has 0 spiro atoms. The van der Waals surface area contributed by atoms with E-state index >= 15 is 0 Å². The Morgan fingerprint density at radius 1 is 1.57 bits per heavy atom. The highest BCUT2D eigenvalue weighted by Gasteiger charge is 2.61. The van der Waals surface area contributed by atoms with Crippen molar-refractivity contribution < 1.29 is 14.6 Å². The minimum absolute atomic E-state index is 0.0920. The summed E-state index contributed by atoms with van der Waals surface area (Å²) in [4.78, 5) is 11.1. The van der Waals surface area contributed by atoms with E-state index in [4.69, 9.17) is 9.84 Å². The maximum absolute atomic E-state index is 11.1. The van der Waals surface area contributed by atoms with Crippen molar-refractivity contribution in [2.24, 2.45) is 11.3 Å². The fraction of sp³-hybridized carbons (Fsp3) is 0.909. The molecule has 2 unspecified atom stereocenters. The summed E-state index contributed by atoms with van der Waals surface area (Å²) in [5.74, 6) is -1.08. The van der Waals surface area contributed by atoms with Crippen LogP contribution in [0.4, 0.5) is 0 Å². The molecule has 0 radical (unpaired) electrons. The Morgan fingerprint density at radius 2 is 2.07 bits per heavy atom. The van der Waals surface area contributed by atoms with Gasteiger partial charge in [0.2, 0.25) is 0 Å². The highest BCUT2D eigenvalue weighted by molar-refractivity contribution is 5.72. The Morgan fingerprint density at radius 3 is 2.29 bits per heavy atom. The van der Waals surface area contributed by atoms with Gasteiger partial charge in [0, 0.05) is 0 Å². The van der Waals surface area contributed by atoms with Crippen LogP contribution in [0, 0.1) is 11.3 Å². The lowest BCUT2D eigenvalue weighted by Crippen LogP contribution is -2.42. The quantitative estimate of drug-likeness (QED) is 0.708. The molecule has 0 aromatic rings. The molecule has 14 heavy (non-hydrogen) atoms. The number of rotatable bonds is 4. The third-order valence-electron chi connectivity index (χ3n) is 3.16. The van der Waals surface area contributed by atoms with Crippen molar-refractivity contribution in [1.82, 2.24) is 0 Å². The van der Waals surface area contributed by atoms with E-state index in [1.807, 2.05) is 27.7 Å². The van der Waals surface area contributed by atoms with E-state index in [0.717, 1.165) is 6.42 Å². The van der Waals surface area contributed by atoms with E-state index in [2.05, 4.69) is 0 Å². The molecule has 2 atom stereocenters. The minimum atomic E-state index is -0.723. The summed E-state index contributed by atoms with van der Waals surface area (Å²) in [6.07, 6.45) is 1.59. The Labute approximate surface area is 85.5 Å². The van der Waals surface area contributed by atoms with Gasteiger partial charge in [-0.25, -0.2) is 0 Å². The van der Waals surface area contributed by atoms with E-state index in [9.17, 15) is 4.79 Å². The van der Waals surface area contributed by atoms with Crippen LogP contribution in [0.25, 0.3) is 0 Å². The molecule has 0 bridgehead atoms.